The minimum atomic E-state index is -1.08. The lowest BCUT2D eigenvalue weighted by molar-refractivity contribution is -0.303. The zero-order valence-corrected chi connectivity index (χ0v) is 46.0. The Hall–Kier alpha value is -10.1. The van der Waals surface area contributed by atoms with E-state index in [2.05, 4.69) is 0 Å². The molecule has 0 aromatic rings. The fraction of sp³-hybridized carbons (Fsp3) is 0.525. The standard InChI is InChI=1S/19C2H4O2.C2H6/c19*1-2(3)4;1-2/h19*1H3,(H,3,4);1-2H3/p-19. The van der Waals surface area contributed by atoms with Crippen LogP contribution in [0.1, 0.15) is 145 Å². The first-order valence-corrected chi connectivity index (χ1v) is 18.3. The molecule has 0 heterocycles. The van der Waals surface area contributed by atoms with Crippen LogP contribution in [0.2, 0.25) is 0 Å². The van der Waals surface area contributed by atoms with Crippen molar-refractivity contribution in [3.8, 4) is 0 Å². The van der Waals surface area contributed by atoms with Crippen LogP contribution in [0, 0.1) is 0 Å². The summed E-state index contributed by atoms with van der Waals surface area (Å²) in [6.07, 6.45) is 0. The van der Waals surface area contributed by atoms with Gasteiger partial charge in [0.15, 0.2) is 0 Å². The van der Waals surface area contributed by atoms with Crippen LogP contribution in [-0.4, -0.2) is 113 Å². The predicted molar refractivity (Wildman–Crippen MR) is 214 cm³/mol. The highest BCUT2D eigenvalue weighted by Crippen LogP contribution is 1.37. The summed E-state index contributed by atoms with van der Waals surface area (Å²) in [5.41, 5.74) is 0. The third kappa shape index (κ3) is 2740. The van der Waals surface area contributed by atoms with Gasteiger partial charge >= 0.3 is 0 Å². The van der Waals surface area contributed by atoms with Crippen LogP contribution in [0.5, 0.6) is 0 Å². The molecule has 0 atom stereocenters. The highest BCUT2D eigenvalue weighted by molar-refractivity contribution is 5.64. The average Bonchev–Trinajstić information content (AvgIpc) is 3.00. The van der Waals surface area contributed by atoms with Crippen molar-refractivity contribution in [2.24, 2.45) is 0 Å². The molecule has 38 heteroatoms. The summed E-state index contributed by atoms with van der Waals surface area (Å²) in [4.78, 5) is 169. The monoisotopic (exact) mass is 1150 g/mol. The number of carboxylic acid groups (broad SMARTS) is 19. The first kappa shape index (κ1) is 132. The largest absolute Gasteiger partial charge is 0.550 e. The Labute approximate surface area is 446 Å². The molecular formula is C40H63O38-19. The summed E-state index contributed by atoms with van der Waals surface area (Å²) >= 11 is 0. The second kappa shape index (κ2) is 132. The molecule has 0 N–H and O–H groups in total. The molecule has 0 aliphatic carbocycles. The molecule has 0 saturated carbocycles. The fourth-order valence-electron chi connectivity index (χ4n) is 0. The van der Waals surface area contributed by atoms with E-state index in [0.717, 1.165) is 132 Å². The Morgan fingerprint density at radius 2 is 0.115 bits per heavy atom. The number of hydrogen-bond donors (Lipinski definition) is 0. The molecule has 38 nitrogen and oxygen atoms in total. The Kier molecular flexibility index (Phi) is 224. The van der Waals surface area contributed by atoms with Crippen molar-refractivity contribution in [1.82, 2.24) is 0 Å². The van der Waals surface area contributed by atoms with Gasteiger partial charge in [-0.05, 0) is 132 Å². The van der Waals surface area contributed by atoms with Crippen LogP contribution in [0.4, 0.5) is 0 Å². The molecule has 0 aromatic carbocycles. The quantitative estimate of drug-likeness (QED) is 0.217. The van der Waals surface area contributed by atoms with E-state index in [9.17, 15) is 0 Å². The molecular weight excluding hydrogens is 1090 g/mol. The molecule has 0 aliphatic heterocycles. The van der Waals surface area contributed by atoms with E-state index in [-0.39, 0.29) is 0 Å². The molecule has 0 aromatic heterocycles. The molecule has 0 bridgehead atoms. The lowest BCUT2D eigenvalue weighted by atomic mass is 10.9. The molecule has 0 amide bonds. The van der Waals surface area contributed by atoms with Crippen LogP contribution in [0.3, 0.4) is 0 Å². The van der Waals surface area contributed by atoms with Crippen LogP contribution in [0.25, 0.3) is 0 Å². The lowest BCUT2D eigenvalue weighted by Gasteiger charge is -1.77. The van der Waals surface area contributed by atoms with Crippen LogP contribution >= 0.6 is 0 Å². The van der Waals surface area contributed by atoms with Crippen molar-refractivity contribution >= 4 is 113 Å². The third-order valence-electron chi connectivity index (χ3n) is 0. The van der Waals surface area contributed by atoms with Gasteiger partial charge in [-0.3, -0.25) is 0 Å². The Morgan fingerprint density at radius 1 is 0.115 bits per heavy atom. The van der Waals surface area contributed by atoms with Gasteiger partial charge in [0, 0.05) is 113 Å². The Balaban J connectivity index is -0.0000000252. The van der Waals surface area contributed by atoms with Crippen molar-refractivity contribution in [3.63, 3.8) is 0 Å². The maximum Gasteiger partial charge on any atom is 0.0383 e. The van der Waals surface area contributed by atoms with Crippen molar-refractivity contribution < 1.29 is 188 Å². The van der Waals surface area contributed by atoms with Crippen LogP contribution in [0.15, 0.2) is 0 Å². The summed E-state index contributed by atoms with van der Waals surface area (Å²) in [5.74, 6) is -20.6. The molecule has 0 rings (SSSR count). The highest BCUT2D eigenvalue weighted by atomic mass is 16.4. The first-order chi connectivity index (χ1) is 33.9. The van der Waals surface area contributed by atoms with Gasteiger partial charge in [0.1, 0.15) is 0 Å². The summed E-state index contributed by atoms with van der Waals surface area (Å²) in [6, 6.07) is 0. The number of aliphatic carboxylic acids is 19. The van der Waals surface area contributed by atoms with Gasteiger partial charge in [-0.25, -0.2) is 0 Å². The van der Waals surface area contributed by atoms with Crippen molar-refractivity contribution in [2.45, 2.75) is 145 Å². The van der Waals surface area contributed by atoms with Gasteiger partial charge in [0.05, 0.1) is 0 Å². The predicted octanol–water partition coefficient (Wildman–Crippen LogP) is -22.6. The van der Waals surface area contributed by atoms with E-state index < -0.39 is 113 Å². The molecule has 470 valence electrons. The minimum Gasteiger partial charge on any atom is -0.550 e. The van der Waals surface area contributed by atoms with Crippen LogP contribution in [-0.2, 0) is 91.1 Å². The summed E-state index contributed by atoms with van der Waals surface area (Å²) in [7, 11) is 0. The normalized spacial score (nSPS) is 6.17. The molecule has 0 radical (unpaired) electrons. The van der Waals surface area contributed by atoms with E-state index in [1.165, 1.54) is 0 Å². The maximum absolute atomic E-state index is 8.89. The van der Waals surface area contributed by atoms with Gasteiger partial charge < -0.3 is 188 Å². The van der Waals surface area contributed by atoms with Gasteiger partial charge in [0.2, 0.25) is 0 Å². The molecule has 0 unspecified atom stereocenters. The SMILES string of the molecule is CC.CC(=O)[O-].CC(=O)[O-].CC(=O)[O-].CC(=O)[O-].CC(=O)[O-].CC(=O)[O-].CC(=O)[O-].CC(=O)[O-].CC(=O)[O-].CC(=O)[O-].CC(=O)[O-].CC(=O)[O-].CC(=O)[O-].CC(=O)[O-].CC(=O)[O-].CC(=O)[O-].CC(=O)[O-].CC(=O)[O-].CC(=O)[O-]. The number of carboxylic acids is 19. The molecule has 0 aliphatic rings. The second-order valence-electron chi connectivity index (χ2n) is 9.34. The van der Waals surface area contributed by atoms with Gasteiger partial charge in [-0.15, -0.1) is 0 Å². The van der Waals surface area contributed by atoms with Gasteiger partial charge in [-0.2, -0.15) is 0 Å². The molecule has 0 fully saturated rings. The number of hydrogen-bond acceptors (Lipinski definition) is 38. The summed E-state index contributed by atoms with van der Waals surface area (Å²) in [5, 5.41) is 169. The minimum absolute atomic E-state index is 0.972. The third-order valence-corrected chi connectivity index (χ3v) is 0. The van der Waals surface area contributed by atoms with Crippen molar-refractivity contribution in [1.29, 1.82) is 0 Å². The van der Waals surface area contributed by atoms with E-state index in [1.54, 1.807) is 0 Å². The Morgan fingerprint density at radius 3 is 0.115 bits per heavy atom. The van der Waals surface area contributed by atoms with E-state index in [1.807, 2.05) is 13.8 Å². The smallest absolute Gasteiger partial charge is 0.0383 e. The Bertz CT molecular complexity index is 1000. The van der Waals surface area contributed by atoms with E-state index in [0.29, 0.717) is 0 Å². The van der Waals surface area contributed by atoms with Crippen molar-refractivity contribution in [3.05, 3.63) is 0 Å². The highest BCUT2D eigenvalue weighted by Gasteiger charge is 1.52. The lowest BCUT2D eigenvalue weighted by Crippen LogP contribution is -2.16. The first-order valence-electron chi connectivity index (χ1n) is 18.3. The topological polar surface area (TPSA) is 762 Å². The maximum atomic E-state index is 8.89. The molecule has 0 saturated heterocycles. The fourth-order valence-corrected chi connectivity index (χ4v) is 0. The van der Waals surface area contributed by atoms with E-state index in [4.69, 9.17) is 188 Å². The second-order valence-corrected chi connectivity index (χ2v) is 9.34. The summed E-state index contributed by atoms with van der Waals surface area (Å²) in [6.45, 7) is 22.5. The van der Waals surface area contributed by atoms with Crippen LogP contribution < -0.4 is 97.0 Å². The zero-order valence-electron chi connectivity index (χ0n) is 46.0. The molecule has 0 spiro atoms. The summed E-state index contributed by atoms with van der Waals surface area (Å²) < 4.78 is 0. The van der Waals surface area contributed by atoms with Gasteiger partial charge in [0.25, 0.3) is 0 Å². The van der Waals surface area contributed by atoms with E-state index >= 15 is 0 Å². The molecule has 78 heavy (non-hydrogen) atoms. The number of rotatable bonds is 0. The van der Waals surface area contributed by atoms with Gasteiger partial charge in [-0.1, -0.05) is 13.8 Å². The zero-order chi connectivity index (χ0) is 70.0. The van der Waals surface area contributed by atoms with Crippen molar-refractivity contribution in [2.75, 3.05) is 0 Å². The number of carbonyl (C=O) groups is 19. The number of carbonyl (C=O) groups excluding carboxylic acids is 19. The average molecular weight is 1150 g/mol.